The quantitative estimate of drug-likeness (QED) is 0.728. The van der Waals surface area contributed by atoms with E-state index in [4.69, 9.17) is 4.74 Å². The van der Waals surface area contributed by atoms with Gasteiger partial charge in [0.25, 0.3) is 0 Å². The highest BCUT2D eigenvalue weighted by molar-refractivity contribution is 5.74. The molecule has 4 nitrogen and oxygen atoms in total. The molecule has 82 valence electrons. The van der Waals surface area contributed by atoms with Gasteiger partial charge in [-0.25, -0.2) is 4.79 Å². The first kappa shape index (κ1) is 11.3. The number of nitrogens with zero attached hydrogens (tertiary/aromatic N) is 1. The molecule has 1 heterocycles. The third-order valence-electron chi connectivity index (χ3n) is 2.51. The van der Waals surface area contributed by atoms with Crippen LogP contribution in [0.25, 0.3) is 0 Å². The summed E-state index contributed by atoms with van der Waals surface area (Å²) in [5, 5.41) is 2.95. The minimum absolute atomic E-state index is 0.0366. The Morgan fingerprint density at radius 3 is 3.00 bits per heavy atom. The number of morpholine rings is 1. The summed E-state index contributed by atoms with van der Waals surface area (Å²) >= 11 is 0. The zero-order valence-electron chi connectivity index (χ0n) is 9.25. The van der Waals surface area contributed by atoms with Crippen molar-refractivity contribution < 1.29 is 9.53 Å². The van der Waals surface area contributed by atoms with Gasteiger partial charge in [0.2, 0.25) is 0 Å². The van der Waals surface area contributed by atoms with Gasteiger partial charge < -0.3 is 15.0 Å². The second kappa shape index (κ2) is 5.20. The molecule has 4 heteroatoms. The van der Waals surface area contributed by atoms with Crippen molar-refractivity contribution in [2.45, 2.75) is 39.3 Å². The second-order valence-corrected chi connectivity index (χ2v) is 3.89. The molecule has 0 aromatic heterocycles. The van der Waals surface area contributed by atoms with E-state index in [1.54, 1.807) is 0 Å². The SMILES string of the molecule is CC[C@@H](C)NC(=O)N1CCO[C@H](C)C1. The summed E-state index contributed by atoms with van der Waals surface area (Å²) in [7, 11) is 0. The van der Waals surface area contributed by atoms with Crippen LogP contribution < -0.4 is 5.32 Å². The lowest BCUT2D eigenvalue weighted by Gasteiger charge is -2.32. The van der Waals surface area contributed by atoms with Crippen molar-refractivity contribution >= 4 is 6.03 Å². The minimum Gasteiger partial charge on any atom is -0.375 e. The Morgan fingerprint density at radius 1 is 1.71 bits per heavy atom. The van der Waals surface area contributed by atoms with Gasteiger partial charge in [-0.15, -0.1) is 0 Å². The summed E-state index contributed by atoms with van der Waals surface area (Å²) in [6, 6.07) is 0.287. The monoisotopic (exact) mass is 200 g/mol. The van der Waals surface area contributed by atoms with E-state index >= 15 is 0 Å². The van der Waals surface area contributed by atoms with Crippen molar-refractivity contribution in [2.75, 3.05) is 19.7 Å². The highest BCUT2D eigenvalue weighted by Gasteiger charge is 2.21. The summed E-state index contributed by atoms with van der Waals surface area (Å²) in [6.45, 7) is 8.11. The molecule has 14 heavy (non-hydrogen) atoms. The zero-order chi connectivity index (χ0) is 10.6. The fraction of sp³-hybridized carbons (Fsp3) is 0.900. The predicted octanol–water partition coefficient (Wildman–Crippen LogP) is 1.22. The molecule has 2 atom stereocenters. The van der Waals surface area contributed by atoms with Gasteiger partial charge in [-0.1, -0.05) is 6.92 Å². The lowest BCUT2D eigenvalue weighted by atomic mass is 10.2. The van der Waals surface area contributed by atoms with E-state index in [2.05, 4.69) is 12.2 Å². The van der Waals surface area contributed by atoms with E-state index in [0.29, 0.717) is 19.7 Å². The van der Waals surface area contributed by atoms with Crippen molar-refractivity contribution in [3.63, 3.8) is 0 Å². The molecule has 1 saturated heterocycles. The molecule has 1 aliphatic rings. The van der Waals surface area contributed by atoms with E-state index in [9.17, 15) is 4.79 Å². The Hall–Kier alpha value is -0.770. The van der Waals surface area contributed by atoms with Crippen molar-refractivity contribution in [1.82, 2.24) is 10.2 Å². The molecule has 0 aromatic carbocycles. The Bertz CT molecular complexity index is 197. The van der Waals surface area contributed by atoms with Gasteiger partial charge in [0, 0.05) is 19.1 Å². The van der Waals surface area contributed by atoms with Crippen LogP contribution in [0.4, 0.5) is 4.79 Å². The topological polar surface area (TPSA) is 41.6 Å². The molecule has 0 unspecified atom stereocenters. The normalized spacial score (nSPS) is 24.5. The maximum absolute atomic E-state index is 11.7. The summed E-state index contributed by atoms with van der Waals surface area (Å²) in [6.07, 6.45) is 1.12. The summed E-state index contributed by atoms with van der Waals surface area (Å²) < 4.78 is 5.37. The van der Waals surface area contributed by atoms with Crippen LogP contribution in [0, 0.1) is 0 Å². The van der Waals surface area contributed by atoms with Crippen LogP contribution in [0.3, 0.4) is 0 Å². The van der Waals surface area contributed by atoms with Crippen LogP contribution in [0.2, 0.25) is 0 Å². The number of urea groups is 1. The smallest absolute Gasteiger partial charge is 0.317 e. The molecule has 1 fully saturated rings. The van der Waals surface area contributed by atoms with Gasteiger partial charge >= 0.3 is 6.03 Å². The molecule has 0 aliphatic carbocycles. The van der Waals surface area contributed by atoms with Crippen molar-refractivity contribution in [3.8, 4) is 0 Å². The minimum atomic E-state index is 0.0366. The number of carbonyl (C=O) groups excluding carboxylic acids is 1. The summed E-state index contributed by atoms with van der Waals surface area (Å²) in [5.41, 5.74) is 0. The van der Waals surface area contributed by atoms with Gasteiger partial charge in [0.15, 0.2) is 0 Å². The van der Waals surface area contributed by atoms with Gasteiger partial charge in [-0.2, -0.15) is 0 Å². The first-order valence-electron chi connectivity index (χ1n) is 5.30. The van der Waals surface area contributed by atoms with E-state index in [0.717, 1.165) is 6.42 Å². The van der Waals surface area contributed by atoms with E-state index in [1.165, 1.54) is 0 Å². The second-order valence-electron chi connectivity index (χ2n) is 3.89. The highest BCUT2D eigenvalue weighted by Crippen LogP contribution is 2.04. The van der Waals surface area contributed by atoms with Gasteiger partial charge in [-0.05, 0) is 20.3 Å². The lowest BCUT2D eigenvalue weighted by molar-refractivity contribution is -0.00380. The van der Waals surface area contributed by atoms with E-state index in [1.807, 2.05) is 18.7 Å². The van der Waals surface area contributed by atoms with Gasteiger partial charge in [-0.3, -0.25) is 0 Å². The van der Waals surface area contributed by atoms with Crippen LogP contribution in [0.5, 0.6) is 0 Å². The van der Waals surface area contributed by atoms with Gasteiger partial charge in [0.05, 0.1) is 12.7 Å². The molecule has 0 spiro atoms. The summed E-state index contributed by atoms with van der Waals surface area (Å²) in [4.78, 5) is 13.5. The third kappa shape index (κ3) is 3.18. The number of hydrogen-bond acceptors (Lipinski definition) is 2. The fourth-order valence-electron chi connectivity index (χ4n) is 1.41. The first-order chi connectivity index (χ1) is 6.63. The molecule has 1 N–H and O–H groups in total. The molecule has 0 radical (unpaired) electrons. The van der Waals surface area contributed by atoms with Crippen molar-refractivity contribution in [2.24, 2.45) is 0 Å². The number of rotatable bonds is 2. The van der Waals surface area contributed by atoms with Crippen LogP contribution in [0.15, 0.2) is 0 Å². The van der Waals surface area contributed by atoms with Gasteiger partial charge in [0.1, 0.15) is 0 Å². The number of nitrogens with one attached hydrogen (secondary N) is 1. The molecule has 0 bridgehead atoms. The molecular weight excluding hydrogens is 180 g/mol. The summed E-state index contributed by atoms with van der Waals surface area (Å²) in [5.74, 6) is 0. The Balaban J connectivity index is 2.36. The molecule has 2 amide bonds. The average molecular weight is 200 g/mol. The van der Waals surface area contributed by atoms with Crippen molar-refractivity contribution in [1.29, 1.82) is 0 Å². The standard InChI is InChI=1S/C10H20N2O2/c1-4-8(2)11-10(13)12-5-6-14-9(3)7-12/h8-9H,4-7H2,1-3H3,(H,11,13)/t8-,9-/m1/s1. The molecular formula is C10H20N2O2. The number of carbonyl (C=O) groups is 1. The first-order valence-corrected chi connectivity index (χ1v) is 5.30. The van der Waals surface area contributed by atoms with Crippen molar-refractivity contribution in [3.05, 3.63) is 0 Å². The Morgan fingerprint density at radius 2 is 2.43 bits per heavy atom. The van der Waals surface area contributed by atoms with Crippen LogP contribution in [-0.4, -0.2) is 42.8 Å². The molecule has 1 rings (SSSR count). The largest absolute Gasteiger partial charge is 0.375 e. The number of hydrogen-bond donors (Lipinski definition) is 1. The van der Waals surface area contributed by atoms with E-state index < -0.39 is 0 Å². The average Bonchev–Trinajstić information content (AvgIpc) is 2.17. The maximum atomic E-state index is 11.7. The zero-order valence-corrected chi connectivity index (χ0v) is 9.25. The molecule has 0 aromatic rings. The molecule has 1 aliphatic heterocycles. The predicted molar refractivity (Wildman–Crippen MR) is 55.3 cm³/mol. The third-order valence-corrected chi connectivity index (χ3v) is 2.51. The maximum Gasteiger partial charge on any atom is 0.317 e. The van der Waals surface area contributed by atoms with Crippen LogP contribution >= 0.6 is 0 Å². The van der Waals surface area contributed by atoms with Crippen LogP contribution in [0.1, 0.15) is 27.2 Å². The Labute approximate surface area is 85.6 Å². The Kier molecular flexibility index (Phi) is 4.20. The molecule has 0 saturated carbocycles. The number of amides is 2. The van der Waals surface area contributed by atoms with E-state index in [-0.39, 0.29) is 18.2 Å². The number of ether oxygens (including phenoxy) is 1. The fourth-order valence-corrected chi connectivity index (χ4v) is 1.41. The highest BCUT2D eigenvalue weighted by atomic mass is 16.5. The van der Waals surface area contributed by atoms with Crippen LogP contribution in [-0.2, 0) is 4.74 Å². The lowest BCUT2D eigenvalue weighted by Crippen LogP contribution is -2.50.